The molecule has 0 saturated heterocycles. The Hall–Kier alpha value is -2.23. The molecule has 1 aromatic carbocycles. The largest absolute Gasteiger partial charge is 0.462 e. The van der Waals surface area contributed by atoms with Gasteiger partial charge in [-0.25, -0.2) is 19.7 Å². The van der Waals surface area contributed by atoms with Crippen molar-refractivity contribution in [2.24, 2.45) is 0 Å². The van der Waals surface area contributed by atoms with Crippen LogP contribution in [0, 0.1) is 6.92 Å². The number of benzene rings is 1. The van der Waals surface area contributed by atoms with Gasteiger partial charge in [-0.15, -0.1) is 22.7 Å². The Bertz CT molecular complexity index is 1120. The molecule has 2 N–H and O–H groups in total. The molecule has 0 unspecified atom stereocenters. The first-order chi connectivity index (χ1) is 13.1. The number of rotatable bonds is 5. The molecule has 4 rings (SSSR count). The molecule has 6 nitrogen and oxygen atoms in total. The predicted molar refractivity (Wildman–Crippen MR) is 112 cm³/mol. The van der Waals surface area contributed by atoms with Gasteiger partial charge in [0.1, 0.15) is 21.3 Å². The van der Waals surface area contributed by atoms with E-state index < -0.39 is 0 Å². The van der Waals surface area contributed by atoms with E-state index in [2.05, 4.69) is 21.0 Å². The van der Waals surface area contributed by atoms with Crippen LogP contribution in [0.5, 0.6) is 0 Å². The number of carbonyl (C=O) groups is 1. The minimum atomic E-state index is -0.345. The highest BCUT2D eigenvalue weighted by molar-refractivity contribution is 8.00. The van der Waals surface area contributed by atoms with Crippen LogP contribution in [0.25, 0.3) is 20.4 Å². The average Bonchev–Trinajstić information content (AvgIpc) is 3.21. The molecule has 0 aliphatic rings. The van der Waals surface area contributed by atoms with E-state index in [4.69, 9.17) is 10.5 Å². The number of aromatic nitrogens is 3. The van der Waals surface area contributed by atoms with E-state index in [-0.39, 0.29) is 5.97 Å². The first kappa shape index (κ1) is 18.1. The van der Waals surface area contributed by atoms with E-state index in [0.29, 0.717) is 33.7 Å². The zero-order chi connectivity index (χ0) is 19.0. The smallest absolute Gasteiger partial charge is 0.348 e. The SMILES string of the molecule is CCOC(=O)c1sc2nc(CSc3nc4ccccc4s3)nc(N)c2c1C. The summed E-state index contributed by atoms with van der Waals surface area (Å²) in [6.45, 7) is 3.96. The van der Waals surface area contributed by atoms with Gasteiger partial charge in [0, 0.05) is 0 Å². The predicted octanol–water partition coefficient (Wildman–Crippen LogP) is 4.66. The molecule has 0 aliphatic carbocycles. The topological polar surface area (TPSA) is 91.0 Å². The van der Waals surface area contributed by atoms with E-state index in [1.807, 2.05) is 25.1 Å². The summed E-state index contributed by atoms with van der Waals surface area (Å²) in [7, 11) is 0. The summed E-state index contributed by atoms with van der Waals surface area (Å²) in [6.07, 6.45) is 0. The molecule has 0 atom stereocenters. The highest BCUT2D eigenvalue weighted by Gasteiger charge is 2.20. The number of hydrogen-bond acceptors (Lipinski definition) is 9. The lowest BCUT2D eigenvalue weighted by Gasteiger charge is -2.02. The van der Waals surface area contributed by atoms with Crippen LogP contribution in [0.2, 0.25) is 0 Å². The maximum absolute atomic E-state index is 12.1. The molecule has 138 valence electrons. The summed E-state index contributed by atoms with van der Waals surface area (Å²) in [4.78, 5) is 27.0. The van der Waals surface area contributed by atoms with E-state index >= 15 is 0 Å². The number of esters is 1. The third-order valence-electron chi connectivity index (χ3n) is 3.92. The fourth-order valence-corrected chi connectivity index (χ4v) is 5.74. The highest BCUT2D eigenvalue weighted by atomic mass is 32.2. The van der Waals surface area contributed by atoms with Crippen molar-refractivity contribution in [2.75, 3.05) is 12.3 Å². The first-order valence-electron chi connectivity index (χ1n) is 8.27. The van der Waals surface area contributed by atoms with Crippen LogP contribution < -0.4 is 5.73 Å². The number of carbonyl (C=O) groups excluding carboxylic acids is 1. The molecule has 27 heavy (non-hydrogen) atoms. The van der Waals surface area contributed by atoms with Gasteiger partial charge in [-0.1, -0.05) is 23.9 Å². The number of thiophene rings is 1. The highest BCUT2D eigenvalue weighted by Crippen LogP contribution is 2.35. The lowest BCUT2D eigenvalue weighted by molar-refractivity contribution is 0.0531. The van der Waals surface area contributed by atoms with Gasteiger partial charge in [0.2, 0.25) is 0 Å². The number of ether oxygens (including phenoxy) is 1. The number of nitrogens with two attached hydrogens (primary N) is 1. The zero-order valence-electron chi connectivity index (χ0n) is 14.7. The summed E-state index contributed by atoms with van der Waals surface area (Å²) in [5.41, 5.74) is 7.93. The number of nitrogens with zero attached hydrogens (tertiary/aromatic N) is 3. The summed E-state index contributed by atoms with van der Waals surface area (Å²) in [6, 6.07) is 8.05. The number of hydrogen-bond donors (Lipinski definition) is 1. The fourth-order valence-electron chi connectivity index (χ4n) is 2.71. The van der Waals surface area contributed by atoms with Crippen molar-refractivity contribution in [3.8, 4) is 0 Å². The van der Waals surface area contributed by atoms with Crippen LogP contribution in [0.4, 0.5) is 5.82 Å². The second kappa shape index (κ2) is 7.41. The van der Waals surface area contributed by atoms with Gasteiger partial charge >= 0.3 is 5.97 Å². The van der Waals surface area contributed by atoms with Crippen molar-refractivity contribution in [1.29, 1.82) is 0 Å². The maximum Gasteiger partial charge on any atom is 0.348 e. The average molecular weight is 417 g/mol. The van der Waals surface area contributed by atoms with Crippen LogP contribution in [0.3, 0.4) is 0 Å². The number of fused-ring (bicyclic) bond motifs is 2. The molecule has 0 radical (unpaired) electrons. The molecule has 0 saturated carbocycles. The number of thioether (sulfide) groups is 1. The normalized spacial score (nSPS) is 11.3. The third-order valence-corrected chi connectivity index (χ3v) is 7.27. The van der Waals surface area contributed by atoms with Gasteiger partial charge in [-0.05, 0) is 31.5 Å². The van der Waals surface area contributed by atoms with Gasteiger partial charge < -0.3 is 10.5 Å². The van der Waals surface area contributed by atoms with E-state index in [0.717, 1.165) is 25.5 Å². The third kappa shape index (κ3) is 3.50. The zero-order valence-corrected chi connectivity index (χ0v) is 17.1. The van der Waals surface area contributed by atoms with Crippen molar-refractivity contribution in [3.63, 3.8) is 0 Å². The molecule has 0 spiro atoms. The molecule has 3 heterocycles. The standard InChI is InChI=1S/C18H16N4O2S3/c1-3-24-17(23)14-9(2)13-15(19)21-12(22-16(13)27-14)8-25-18-20-10-6-4-5-7-11(10)26-18/h4-7H,3,8H2,1-2H3,(H2,19,21,22). The minimum Gasteiger partial charge on any atom is -0.462 e. The van der Waals surface area contributed by atoms with Crippen LogP contribution in [-0.4, -0.2) is 27.5 Å². The number of nitrogen functional groups attached to an aromatic ring is 1. The quantitative estimate of drug-likeness (QED) is 0.374. The van der Waals surface area contributed by atoms with Crippen LogP contribution >= 0.6 is 34.4 Å². The van der Waals surface area contributed by atoms with Gasteiger partial charge in [0.05, 0.1) is 28.0 Å². The van der Waals surface area contributed by atoms with Crippen LogP contribution in [0.15, 0.2) is 28.6 Å². The van der Waals surface area contributed by atoms with Gasteiger partial charge in [-0.3, -0.25) is 0 Å². The Labute approximate surface area is 167 Å². The van der Waals surface area contributed by atoms with Crippen molar-refractivity contribution >= 4 is 66.7 Å². The number of para-hydroxylation sites is 1. The fraction of sp³-hybridized carbons (Fsp3) is 0.222. The molecule has 0 aliphatic heterocycles. The van der Waals surface area contributed by atoms with Crippen molar-refractivity contribution in [3.05, 3.63) is 40.5 Å². The molecular formula is C18H16N4O2S3. The van der Waals surface area contributed by atoms with Crippen LogP contribution in [0.1, 0.15) is 28.0 Å². The molecule has 0 amide bonds. The Morgan fingerprint density at radius 3 is 2.81 bits per heavy atom. The molecular weight excluding hydrogens is 400 g/mol. The number of thiazole rings is 1. The lowest BCUT2D eigenvalue weighted by atomic mass is 10.2. The summed E-state index contributed by atoms with van der Waals surface area (Å²) >= 11 is 4.53. The Kier molecular flexibility index (Phi) is 4.98. The summed E-state index contributed by atoms with van der Waals surface area (Å²) in [5, 5.41) is 0.733. The van der Waals surface area contributed by atoms with Crippen molar-refractivity contribution in [1.82, 2.24) is 15.0 Å². The van der Waals surface area contributed by atoms with Crippen molar-refractivity contribution < 1.29 is 9.53 Å². The second-order valence-electron chi connectivity index (χ2n) is 5.72. The van der Waals surface area contributed by atoms with E-state index in [1.165, 1.54) is 11.3 Å². The number of aryl methyl sites for hydroxylation is 1. The summed E-state index contributed by atoms with van der Waals surface area (Å²) < 4.78 is 7.24. The first-order valence-corrected chi connectivity index (χ1v) is 10.9. The Morgan fingerprint density at radius 1 is 1.22 bits per heavy atom. The van der Waals surface area contributed by atoms with E-state index in [9.17, 15) is 4.79 Å². The maximum atomic E-state index is 12.1. The minimum absolute atomic E-state index is 0.331. The van der Waals surface area contributed by atoms with Crippen LogP contribution in [-0.2, 0) is 10.5 Å². The summed E-state index contributed by atoms with van der Waals surface area (Å²) in [5.74, 6) is 1.24. The van der Waals surface area contributed by atoms with E-state index in [1.54, 1.807) is 30.0 Å². The number of anilines is 1. The molecule has 9 heteroatoms. The lowest BCUT2D eigenvalue weighted by Crippen LogP contribution is -2.03. The molecule has 4 aromatic rings. The molecule has 0 fully saturated rings. The van der Waals surface area contributed by atoms with Gasteiger partial charge in [0.25, 0.3) is 0 Å². The monoisotopic (exact) mass is 416 g/mol. The molecule has 0 bridgehead atoms. The Balaban J connectivity index is 1.61. The van der Waals surface area contributed by atoms with Crippen molar-refractivity contribution in [2.45, 2.75) is 23.9 Å². The Morgan fingerprint density at radius 2 is 2.04 bits per heavy atom. The van der Waals surface area contributed by atoms with Gasteiger partial charge in [0.15, 0.2) is 4.34 Å². The van der Waals surface area contributed by atoms with Gasteiger partial charge in [-0.2, -0.15) is 0 Å². The second-order valence-corrected chi connectivity index (χ2v) is 8.97. The molecule has 3 aromatic heterocycles.